The van der Waals surface area contributed by atoms with Crippen LogP contribution < -0.4 is 10.6 Å². The summed E-state index contributed by atoms with van der Waals surface area (Å²) in [7, 11) is 0. The largest absolute Gasteiger partial charge is 0.355 e. The summed E-state index contributed by atoms with van der Waals surface area (Å²) < 4.78 is -0.946. The van der Waals surface area contributed by atoms with Crippen LogP contribution in [-0.2, 0) is 19.2 Å². The fourth-order valence-electron chi connectivity index (χ4n) is 1.55. The Kier molecular flexibility index (Phi) is 8.90. The van der Waals surface area contributed by atoms with E-state index in [0.717, 1.165) is 23.5 Å². The van der Waals surface area contributed by atoms with Gasteiger partial charge in [-0.25, -0.2) is 0 Å². The molecular weight excluding hydrogens is 336 g/mol. The van der Waals surface area contributed by atoms with E-state index in [1.165, 1.54) is 13.8 Å². The molecule has 0 aliphatic carbocycles. The van der Waals surface area contributed by atoms with E-state index in [2.05, 4.69) is 10.6 Å². The lowest BCUT2D eigenvalue weighted by Gasteiger charge is -2.24. The third-order valence-corrected chi connectivity index (χ3v) is 4.73. The number of carbonyl (C=O) groups excluding carboxylic acids is 4. The molecule has 0 fully saturated rings. The van der Waals surface area contributed by atoms with Crippen molar-refractivity contribution in [1.29, 1.82) is 0 Å². The minimum absolute atomic E-state index is 0.155. The third-order valence-electron chi connectivity index (χ3n) is 2.60. The molecule has 6 nitrogen and oxygen atoms in total. The fraction of sp³-hybridized carbons (Fsp3) is 0.733. The molecule has 0 aromatic heterocycles. The van der Waals surface area contributed by atoms with E-state index in [1.807, 2.05) is 27.7 Å². The van der Waals surface area contributed by atoms with Crippen molar-refractivity contribution in [2.24, 2.45) is 0 Å². The number of rotatable bonds is 8. The average Bonchev–Trinajstić information content (AvgIpc) is 2.32. The topological polar surface area (TPSA) is 92.3 Å². The first-order valence-electron chi connectivity index (χ1n) is 7.25. The second kappa shape index (κ2) is 9.32. The molecule has 0 aromatic rings. The number of hydrogen-bond acceptors (Lipinski definition) is 6. The van der Waals surface area contributed by atoms with Crippen LogP contribution in [0.15, 0.2) is 0 Å². The number of carbonyl (C=O) groups is 4. The van der Waals surface area contributed by atoms with Gasteiger partial charge in [0.1, 0.15) is 0 Å². The molecule has 0 saturated carbocycles. The van der Waals surface area contributed by atoms with Gasteiger partial charge < -0.3 is 10.6 Å². The van der Waals surface area contributed by atoms with Crippen molar-refractivity contribution in [3.63, 3.8) is 0 Å². The molecule has 0 heterocycles. The molecule has 2 amide bonds. The molecule has 0 atom stereocenters. The SMILES string of the molecule is CC(=O)NCC(C)(C)SC(=O)CC(=O)SC(C)(C)CNC(C)=O. The molecular formula is C15H26N2O4S2. The Hall–Kier alpha value is -1.02. The first kappa shape index (κ1) is 22.0. The van der Waals surface area contributed by atoms with Crippen molar-refractivity contribution in [1.82, 2.24) is 10.6 Å². The number of amides is 2. The zero-order valence-corrected chi connectivity index (χ0v) is 16.2. The van der Waals surface area contributed by atoms with Gasteiger partial charge in [0, 0.05) is 36.4 Å². The highest BCUT2D eigenvalue weighted by Crippen LogP contribution is 2.29. The minimum atomic E-state index is -0.473. The molecule has 23 heavy (non-hydrogen) atoms. The van der Waals surface area contributed by atoms with Gasteiger partial charge >= 0.3 is 0 Å². The summed E-state index contributed by atoms with van der Waals surface area (Å²) in [5, 5.41) is 4.88. The Balaban J connectivity index is 4.36. The highest BCUT2D eigenvalue weighted by molar-refractivity contribution is 8.16. The number of thioether (sulfide) groups is 2. The van der Waals surface area contributed by atoms with Gasteiger partial charge in [-0.3, -0.25) is 19.2 Å². The quantitative estimate of drug-likeness (QED) is 0.639. The van der Waals surface area contributed by atoms with Gasteiger partial charge in [-0.15, -0.1) is 0 Å². The lowest BCUT2D eigenvalue weighted by atomic mass is 10.2. The standard InChI is InChI=1S/C15H26N2O4S2/c1-10(18)16-8-14(3,4)22-12(20)7-13(21)23-15(5,6)9-17-11(2)19/h7-9H2,1-6H3,(H,16,18)(H,17,19). The number of hydrogen-bond donors (Lipinski definition) is 2. The maximum absolute atomic E-state index is 12.0. The molecule has 0 saturated heterocycles. The summed E-state index contributed by atoms with van der Waals surface area (Å²) in [5.74, 6) is -0.310. The predicted octanol–water partition coefficient (Wildman–Crippen LogP) is 1.73. The van der Waals surface area contributed by atoms with Crippen LogP contribution in [0.5, 0.6) is 0 Å². The second-order valence-corrected chi connectivity index (χ2v) is 9.99. The normalized spacial score (nSPS) is 11.7. The van der Waals surface area contributed by atoms with Gasteiger partial charge in [0.05, 0.1) is 6.42 Å². The maximum atomic E-state index is 12.0. The molecule has 2 N–H and O–H groups in total. The summed E-state index contributed by atoms with van der Waals surface area (Å²) in [6.07, 6.45) is -0.178. The molecule has 0 aliphatic rings. The van der Waals surface area contributed by atoms with E-state index < -0.39 is 9.49 Å². The van der Waals surface area contributed by atoms with Crippen molar-refractivity contribution in [2.75, 3.05) is 13.1 Å². The Bertz CT molecular complexity index is 434. The molecule has 0 unspecified atom stereocenters. The second-order valence-electron chi connectivity index (χ2n) is 6.46. The first-order valence-corrected chi connectivity index (χ1v) is 8.89. The predicted molar refractivity (Wildman–Crippen MR) is 95.3 cm³/mol. The monoisotopic (exact) mass is 362 g/mol. The molecule has 132 valence electrons. The fourth-order valence-corrected chi connectivity index (χ4v) is 3.57. The van der Waals surface area contributed by atoms with Crippen molar-refractivity contribution >= 4 is 45.6 Å². The lowest BCUT2D eigenvalue weighted by Crippen LogP contribution is -2.36. The van der Waals surface area contributed by atoms with Crippen LogP contribution in [0.4, 0.5) is 0 Å². The highest BCUT2D eigenvalue weighted by Gasteiger charge is 2.28. The van der Waals surface area contributed by atoms with Crippen molar-refractivity contribution in [3.05, 3.63) is 0 Å². The van der Waals surface area contributed by atoms with Crippen molar-refractivity contribution in [3.8, 4) is 0 Å². The van der Waals surface area contributed by atoms with Gasteiger partial charge in [-0.1, -0.05) is 23.5 Å². The smallest absolute Gasteiger partial charge is 0.216 e. The molecule has 0 rings (SSSR count). The zero-order valence-electron chi connectivity index (χ0n) is 14.6. The molecule has 0 bridgehead atoms. The molecule has 0 aliphatic heterocycles. The van der Waals surface area contributed by atoms with E-state index in [-0.39, 0.29) is 28.5 Å². The average molecular weight is 363 g/mol. The summed E-state index contributed by atoms with van der Waals surface area (Å²) in [5.41, 5.74) is 0. The van der Waals surface area contributed by atoms with Crippen LogP contribution >= 0.6 is 23.5 Å². The van der Waals surface area contributed by atoms with E-state index in [4.69, 9.17) is 0 Å². The van der Waals surface area contributed by atoms with Crippen LogP contribution in [0.25, 0.3) is 0 Å². The van der Waals surface area contributed by atoms with Crippen LogP contribution in [-0.4, -0.2) is 44.6 Å². The maximum Gasteiger partial charge on any atom is 0.216 e. The summed E-state index contributed by atoms with van der Waals surface area (Å²) >= 11 is 2.12. The lowest BCUT2D eigenvalue weighted by molar-refractivity contribution is -0.120. The van der Waals surface area contributed by atoms with E-state index >= 15 is 0 Å². The highest BCUT2D eigenvalue weighted by atomic mass is 32.2. The van der Waals surface area contributed by atoms with Crippen LogP contribution in [0.3, 0.4) is 0 Å². The van der Waals surface area contributed by atoms with E-state index in [0.29, 0.717) is 13.1 Å². The first-order chi connectivity index (χ1) is 10.3. The third kappa shape index (κ3) is 12.1. The Labute approximate surface area is 146 Å². The summed E-state index contributed by atoms with van der Waals surface area (Å²) in [6.45, 7) is 10.9. The zero-order chi connectivity index (χ0) is 18.3. The molecule has 8 heteroatoms. The summed E-state index contributed by atoms with van der Waals surface area (Å²) in [6, 6.07) is 0. The minimum Gasteiger partial charge on any atom is -0.355 e. The molecule has 0 radical (unpaired) electrons. The van der Waals surface area contributed by atoms with Crippen LogP contribution in [0, 0.1) is 0 Å². The van der Waals surface area contributed by atoms with Crippen molar-refractivity contribution < 1.29 is 19.2 Å². The van der Waals surface area contributed by atoms with Gasteiger partial charge in [0.15, 0.2) is 10.2 Å². The Morgan fingerprint density at radius 3 is 1.30 bits per heavy atom. The van der Waals surface area contributed by atoms with Gasteiger partial charge in [0.25, 0.3) is 0 Å². The van der Waals surface area contributed by atoms with Crippen LogP contribution in [0.2, 0.25) is 0 Å². The van der Waals surface area contributed by atoms with Gasteiger partial charge in [0.2, 0.25) is 11.8 Å². The molecule has 0 spiro atoms. The van der Waals surface area contributed by atoms with Gasteiger partial charge in [-0.05, 0) is 27.7 Å². The van der Waals surface area contributed by atoms with E-state index in [1.54, 1.807) is 0 Å². The van der Waals surface area contributed by atoms with Crippen LogP contribution in [0.1, 0.15) is 48.0 Å². The van der Waals surface area contributed by atoms with Crippen molar-refractivity contribution in [2.45, 2.75) is 57.5 Å². The van der Waals surface area contributed by atoms with E-state index in [9.17, 15) is 19.2 Å². The number of nitrogens with one attached hydrogen (secondary N) is 2. The Morgan fingerprint density at radius 2 is 1.04 bits per heavy atom. The molecule has 0 aromatic carbocycles. The van der Waals surface area contributed by atoms with Gasteiger partial charge in [-0.2, -0.15) is 0 Å². The Morgan fingerprint density at radius 1 is 0.739 bits per heavy atom. The summed E-state index contributed by atoms with van der Waals surface area (Å²) in [4.78, 5) is 45.9.